The number of anilines is 2. The van der Waals surface area contributed by atoms with Gasteiger partial charge in [0.2, 0.25) is 5.88 Å². The van der Waals surface area contributed by atoms with Crippen molar-refractivity contribution < 1.29 is 14.3 Å². The highest BCUT2D eigenvalue weighted by molar-refractivity contribution is 5.97. The van der Waals surface area contributed by atoms with Crippen LogP contribution in [-0.4, -0.2) is 24.7 Å². The van der Waals surface area contributed by atoms with E-state index in [1.807, 2.05) is 55.5 Å². The second kappa shape index (κ2) is 8.35. The molecule has 0 atom stereocenters. The molecule has 0 unspecified atom stereocenters. The van der Waals surface area contributed by atoms with Crippen LogP contribution in [0, 0.1) is 0 Å². The Morgan fingerprint density at radius 2 is 1.93 bits per heavy atom. The number of rotatable bonds is 7. The van der Waals surface area contributed by atoms with E-state index in [4.69, 9.17) is 9.47 Å². The van der Waals surface area contributed by atoms with Crippen molar-refractivity contribution in [2.45, 2.75) is 25.7 Å². The van der Waals surface area contributed by atoms with E-state index < -0.39 is 0 Å². The van der Waals surface area contributed by atoms with Crippen molar-refractivity contribution >= 4 is 17.3 Å². The van der Waals surface area contributed by atoms with Crippen molar-refractivity contribution in [1.29, 1.82) is 0 Å². The number of hydrogen-bond donors (Lipinski definition) is 1. The van der Waals surface area contributed by atoms with E-state index in [0.717, 1.165) is 16.8 Å². The highest BCUT2D eigenvalue weighted by Crippen LogP contribution is 2.41. The molecule has 0 amide bonds. The molecule has 5 nitrogen and oxygen atoms in total. The van der Waals surface area contributed by atoms with Gasteiger partial charge in [0.05, 0.1) is 36.9 Å². The first-order valence-corrected chi connectivity index (χ1v) is 9.87. The molecule has 1 aromatic heterocycles. The Labute approximate surface area is 170 Å². The second-order valence-electron chi connectivity index (χ2n) is 7.07. The Kier molecular flexibility index (Phi) is 5.47. The number of esters is 1. The Balaban J connectivity index is 1.69. The number of hydrogen-bond acceptors (Lipinski definition) is 5. The Morgan fingerprint density at radius 1 is 1.14 bits per heavy atom. The van der Waals surface area contributed by atoms with E-state index in [1.54, 1.807) is 13.3 Å². The van der Waals surface area contributed by atoms with Crippen molar-refractivity contribution in [2.24, 2.45) is 0 Å². The van der Waals surface area contributed by atoms with Crippen LogP contribution >= 0.6 is 0 Å². The van der Waals surface area contributed by atoms with Crippen molar-refractivity contribution in [3.05, 3.63) is 71.9 Å². The maximum absolute atomic E-state index is 12.5. The lowest BCUT2D eigenvalue weighted by atomic mass is 10.0. The summed E-state index contributed by atoms with van der Waals surface area (Å²) in [6.07, 6.45) is 4.06. The van der Waals surface area contributed by atoms with Crippen LogP contribution in [-0.2, 0) is 4.74 Å². The first-order valence-electron chi connectivity index (χ1n) is 9.87. The van der Waals surface area contributed by atoms with Crippen molar-refractivity contribution in [3.63, 3.8) is 0 Å². The average molecular weight is 388 g/mol. The number of carbonyl (C=O) groups is 1. The van der Waals surface area contributed by atoms with Crippen LogP contribution in [0.25, 0.3) is 11.1 Å². The standard InChI is InChI=1S/C24H24N2O3/c1-3-29-24(27)21-13-18(16-9-10-16)11-12-22(21)26-19-14-20(23(28-2)25-15-19)17-7-5-4-6-8-17/h4-8,11-16,26H,3,9-10H2,1-2H3. The van der Waals surface area contributed by atoms with E-state index in [1.165, 1.54) is 18.4 Å². The number of nitrogens with zero attached hydrogens (tertiary/aromatic N) is 1. The minimum Gasteiger partial charge on any atom is -0.481 e. The van der Waals surface area contributed by atoms with Gasteiger partial charge in [0, 0.05) is 5.56 Å². The monoisotopic (exact) mass is 388 g/mol. The highest BCUT2D eigenvalue weighted by atomic mass is 16.5. The number of nitrogens with one attached hydrogen (secondary N) is 1. The summed E-state index contributed by atoms with van der Waals surface area (Å²) < 4.78 is 10.7. The fourth-order valence-corrected chi connectivity index (χ4v) is 3.38. The minimum absolute atomic E-state index is 0.317. The topological polar surface area (TPSA) is 60.5 Å². The van der Waals surface area contributed by atoms with Gasteiger partial charge in [-0.3, -0.25) is 0 Å². The van der Waals surface area contributed by atoms with E-state index >= 15 is 0 Å². The average Bonchev–Trinajstić information content (AvgIpc) is 3.60. The Bertz CT molecular complexity index is 1010. The summed E-state index contributed by atoms with van der Waals surface area (Å²) >= 11 is 0. The van der Waals surface area contributed by atoms with Crippen molar-refractivity contribution in [2.75, 3.05) is 19.0 Å². The smallest absolute Gasteiger partial charge is 0.340 e. The number of methoxy groups -OCH3 is 1. The molecule has 0 bridgehead atoms. The predicted octanol–water partition coefficient (Wildman–Crippen LogP) is 5.55. The lowest BCUT2D eigenvalue weighted by Gasteiger charge is -2.15. The molecule has 0 radical (unpaired) electrons. The molecule has 148 valence electrons. The SMILES string of the molecule is CCOC(=O)c1cc(C2CC2)ccc1Nc1cnc(OC)c(-c2ccccc2)c1. The fourth-order valence-electron chi connectivity index (χ4n) is 3.38. The number of ether oxygens (including phenoxy) is 2. The van der Waals surface area contributed by atoms with Gasteiger partial charge < -0.3 is 14.8 Å². The highest BCUT2D eigenvalue weighted by Gasteiger charge is 2.25. The number of aromatic nitrogens is 1. The van der Waals surface area contributed by atoms with Gasteiger partial charge in [0.25, 0.3) is 0 Å². The van der Waals surface area contributed by atoms with Gasteiger partial charge in [-0.05, 0) is 55.0 Å². The third-order valence-electron chi connectivity index (χ3n) is 5.00. The summed E-state index contributed by atoms with van der Waals surface area (Å²) in [5.41, 5.74) is 5.11. The zero-order valence-electron chi connectivity index (χ0n) is 16.6. The summed E-state index contributed by atoms with van der Waals surface area (Å²) in [7, 11) is 1.61. The number of benzene rings is 2. The van der Waals surface area contributed by atoms with Gasteiger partial charge in [-0.25, -0.2) is 9.78 Å². The molecule has 5 heteroatoms. The molecular weight excluding hydrogens is 364 g/mol. The van der Waals surface area contributed by atoms with E-state index in [9.17, 15) is 4.79 Å². The largest absolute Gasteiger partial charge is 0.481 e. The molecular formula is C24H24N2O3. The molecule has 1 fully saturated rings. The summed E-state index contributed by atoms with van der Waals surface area (Å²) in [6, 6.07) is 17.9. The molecule has 29 heavy (non-hydrogen) atoms. The van der Waals surface area contributed by atoms with Crippen LogP contribution in [0.4, 0.5) is 11.4 Å². The third-order valence-corrected chi connectivity index (χ3v) is 5.00. The van der Waals surface area contributed by atoms with Crippen LogP contribution in [0.1, 0.15) is 41.6 Å². The van der Waals surface area contributed by atoms with Crippen molar-refractivity contribution in [3.8, 4) is 17.0 Å². The maximum atomic E-state index is 12.5. The first-order chi connectivity index (χ1) is 14.2. The summed E-state index contributed by atoms with van der Waals surface area (Å²) in [5, 5.41) is 3.34. The van der Waals surface area contributed by atoms with E-state index in [2.05, 4.69) is 16.4 Å². The van der Waals surface area contributed by atoms with Crippen molar-refractivity contribution in [1.82, 2.24) is 4.98 Å². The van der Waals surface area contributed by atoms with Gasteiger partial charge >= 0.3 is 5.97 Å². The normalized spacial score (nSPS) is 13.0. The van der Waals surface area contributed by atoms with Crippen LogP contribution in [0.15, 0.2) is 60.8 Å². The molecule has 1 heterocycles. The third kappa shape index (κ3) is 4.24. The molecule has 0 saturated heterocycles. The summed E-state index contributed by atoms with van der Waals surface area (Å²) in [5.74, 6) is 0.795. The van der Waals surface area contributed by atoms with Gasteiger partial charge in [0.1, 0.15) is 0 Å². The molecule has 1 N–H and O–H groups in total. The van der Waals surface area contributed by atoms with Crippen LogP contribution in [0.5, 0.6) is 5.88 Å². The summed E-state index contributed by atoms with van der Waals surface area (Å²) in [4.78, 5) is 17.0. The van der Waals surface area contributed by atoms with Crippen LogP contribution in [0.2, 0.25) is 0 Å². The fraction of sp³-hybridized carbons (Fsp3) is 0.250. The first kappa shape index (κ1) is 19.0. The quantitative estimate of drug-likeness (QED) is 0.537. The lowest BCUT2D eigenvalue weighted by molar-refractivity contribution is 0.0527. The molecule has 1 aliphatic carbocycles. The number of pyridine rings is 1. The molecule has 1 aliphatic rings. The Morgan fingerprint density at radius 3 is 2.62 bits per heavy atom. The molecule has 0 aliphatic heterocycles. The molecule has 4 rings (SSSR count). The zero-order chi connectivity index (χ0) is 20.2. The zero-order valence-corrected chi connectivity index (χ0v) is 16.6. The summed E-state index contributed by atoms with van der Waals surface area (Å²) in [6.45, 7) is 2.16. The number of carbonyl (C=O) groups excluding carboxylic acids is 1. The van der Waals surface area contributed by atoms with Gasteiger partial charge in [-0.15, -0.1) is 0 Å². The molecule has 3 aromatic rings. The molecule has 0 spiro atoms. The Hall–Kier alpha value is -3.34. The lowest BCUT2D eigenvalue weighted by Crippen LogP contribution is -2.09. The predicted molar refractivity (Wildman–Crippen MR) is 114 cm³/mol. The van der Waals surface area contributed by atoms with Crippen LogP contribution < -0.4 is 10.1 Å². The maximum Gasteiger partial charge on any atom is 0.340 e. The van der Waals surface area contributed by atoms with Gasteiger partial charge in [0.15, 0.2) is 0 Å². The molecule has 1 saturated carbocycles. The van der Waals surface area contributed by atoms with Gasteiger partial charge in [-0.1, -0.05) is 36.4 Å². The van der Waals surface area contributed by atoms with Crippen LogP contribution in [0.3, 0.4) is 0 Å². The van der Waals surface area contributed by atoms with E-state index in [0.29, 0.717) is 29.7 Å². The molecule has 2 aromatic carbocycles. The minimum atomic E-state index is -0.317. The second-order valence-corrected chi connectivity index (χ2v) is 7.07. The van der Waals surface area contributed by atoms with E-state index in [-0.39, 0.29) is 5.97 Å². The van der Waals surface area contributed by atoms with Gasteiger partial charge in [-0.2, -0.15) is 0 Å².